The number of carboxylic acids is 1. The quantitative estimate of drug-likeness (QED) is 0.665. The van der Waals surface area contributed by atoms with E-state index < -0.39 is 18.1 Å². The molecule has 0 aromatic heterocycles. The van der Waals surface area contributed by atoms with Crippen LogP contribution in [0.5, 0.6) is 0 Å². The smallest absolute Gasteiger partial charge is 0.334 e. The van der Waals surface area contributed by atoms with Crippen LogP contribution < -0.4 is 5.73 Å². The first-order chi connectivity index (χ1) is 7.61. The lowest BCUT2D eigenvalue weighted by molar-refractivity contribution is -0.147. The molecule has 1 rings (SSSR count). The van der Waals surface area contributed by atoms with Gasteiger partial charge in [0.1, 0.15) is 0 Å². The van der Waals surface area contributed by atoms with Crippen LogP contribution in [0.25, 0.3) is 0 Å². The topological polar surface area (TPSA) is 83.5 Å². The molecule has 16 heavy (non-hydrogen) atoms. The maximum atomic E-state index is 10.4. The highest BCUT2D eigenvalue weighted by Gasteiger charge is 2.21. The number of hydrogen-bond donors (Lipinski definition) is 3. The van der Waals surface area contributed by atoms with Crippen molar-refractivity contribution in [2.75, 3.05) is 0 Å². The van der Waals surface area contributed by atoms with Crippen molar-refractivity contribution in [1.29, 1.82) is 0 Å². The lowest BCUT2D eigenvalue weighted by Crippen LogP contribution is -2.40. The number of hydrogen-bond acceptors (Lipinski definition) is 3. The van der Waals surface area contributed by atoms with Gasteiger partial charge in [-0.2, -0.15) is 0 Å². The second kappa shape index (κ2) is 6.25. The Morgan fingerprint density at radius 1 is 1.31 bits per heavy atom. The fraction of sp³-hybridized carbons (Fsp3) is 0.417. The SMILES string of the molecule is NC(CCCc1ccccc1)C(O)C(=O)O. The summed E-state index contributed by atoms with van der Waals surface area (Å²) in [6, 6.07) is 9.20. The molecule has 2 atom stereocenters. The number of benzene rings is 1. The molecular formula is C12H17NO3. The third-order valence-corrected chi connectivity index (χ3v) is 2.50. The van der Waals surface area contributed by atoms with Crippen LogP contribution >= 0.6 is 0 Å². The third kappa shape index (κ3) is 4.00. The highest BCUT2D eigenvalue weighted by atomic mass is 16.4. The molecular weight excluding hydrogens is 206 g/mol. The standard InChI is InChI=1S/C12H17NO3/c13-10(11(14)12(15)16)8-4-7-9-5-2-1-3-6-9/h1-3,5-6,10-11,14H,4,7-8,13H2,(H,15,16). The normalized spacial score (nSPS) is 14.4. The van der Waals surface area contributed by atoms with Crippen molar-refractivity contribution in [1.82, 2.24) is 0 Å². The number of rotatable bonds is 6. The first-order valence-corrected chi connectivity index (χ1v) is 5.31. The van der Waals surface area contributed by atoms with E-state index >= 15 is 0 Å². The molecule has 0 bridgehead atoms. The molecule has 0 fully saturated rings. The molecule has 0 amide bonds. The third-order valence-electron chi connectivity index (χ3n) is 2.50. The van der Waals surface area contributed by atoms with E-state index in [9.17, 15) is 4.79 Å². The summed E-state index contributed by atoms with van der Waals surface area (Å²) in [6.45, 7) is 0. The van der Waals surface area contributed by atoms with Crippen LogP contribution in [0.1, 0.15) is 18.4 Å². The van der Waals surface area contributed by atoms with Crippen LogP contribution in [0.4, 0.5) is 0 Å². The van der Waals surface area contributed by atoms with Crippen LogP contribution in [0.2, 0.25) is 0 Å². The van der Waals surface area contributed by atoms with Gasteiger partial charge >= 0.3 is 5.97 Å². The molecule has 0 saturated carbocycles. The highest BCUT2D eigenvalue weighted by Crippen LogP contribution is 2.07. The van der Waals surface area contributed by atoms with Crippen LogP contribution in [-0.2, 0) is 11.2 Å². The minimum Gasteiger partial charge on any atom is -0.479 e. The van der Waals surface area contributed by atoms with Gasteiger partial charge in [-0.1, -0.05) is 30.3 Å². The Hall–Kier alpha value is -1.39. The van der Waals surface area contributed by atoms with Crippen molar-refractivity contribution in [2.24, 2.45) is 5.73 Å². The summed E-state index contributed by atoms with van der Waals surface area (Å²) in [5.74, 6) is -1.26. The van der Waals surface area contributed by atoms with E-state index in [1.165, 1.54) is 5.56 Å². The Morgan fingerprint density at radius 3 is 2.50 bits per heavy atom. The molecule has 4 N–H and O–H groups in total. The summed E-state index contributed by atoms with van der Waals surface area (Å²) in [6.07, 6.45) is 0.662. The Labute approximate surface area is 94.7 Å². The van der Waals surface area contributed by atoms with Gasteiger partial charge in [-0.3, -0.25) is 0 Å². The zero-order valence-electron chi connectivity index (χ0n) is 9.04. The van der Waals surface area contributed by atoms with Gasteiger partial charge in [-0.25, -0.2) is 4.79 Å². The van der Waals surface area contributed by atoms with Crippen LogP contribution in [0, 0.1) is 0 Å². The van der Waals surface area contributed by atoms with Gasteiger partial charge in [0.05, 0.1) is 0 Å². The minimum atomic E-state index is -1.46. The van der Waals surface area contributed by atoms with Gasteiger partial charge in [0.25, 0.3) is 0 Å². The molecule has 4 heteroatoms. The maximum Gasteiger partial charge on any atom is 0.334 e. The molecule has 0 heterocycles. The Balaban J connectivity index is 2.28. The average molecular weight is 223 g/mol. The lowest BCUT2D eigenvalue weighted by Gasteiger charge is -2.14. The summed E-state index contributed by atoms with van der Waals surface area (Å²) >= 11 is 0. The fourth-order valence-corrected chi connectivity index (χ4v) is 1.53. The predicted molar refractivity (Wildman–Crippen MR) is 61.0 cm³/mol. The number of aryl methyl sites for hydroxylation is 1. The average Bonchev–Trinajstić information content (AvgIpc) is 2.29. The van der Waals surface area contributed by atoms with E-state index in [1.54, 1.807) is 0 Å². The summed E-state index contributed by atoms with van der Waals surface area (Å²) in [5, 5.41) is 17.7. The van der Waals surface area contributed by atoms with Crippen molar-refractivity contribution in [3.8, 4) is 0 Å². The number of carbonyl (C=O) groups is 1. The predicted octanol–water partition coefficient (Wildman–Crippen LogP) is 0.782. The monoisotopic (exact) mass is 223 g/mol. The molecule has 0 aliphatic heterocycles. The van der Waals surface area contributed by atoms with Crippen LogP contribution in [-0.4, -0.2) is 28.3 Å². The molecule has 1 aromatic rings. The van der Waals surface area contributed by atoms with Crippen molar-refractivity contribution >= 4 is 5.97 Å². The Morgan fingerprint density at radius 2 is 1.94 bits per heavy atom. The molecule has 0 aliphatic rings. The number of carboxylic acid groups (broad SMARTS) is 1. The second-order valence-corrected chi connectivity index (χ2v) is 3.82. The van der Waals surface area contributed by atoms with E-state index in [0.29, 0.717) is 6.42 Å². The molecule has 0 radical (unpaired) electrons. The maximum absolute atomic E-state index is 10.4. The molecule has 4 nitrogen and oxygen atoms in total. The van der Waals surface area contributed by atoms with Crippen molar-refractivity contribution in [3.63, 3.8) is 0 Å². The first kappa shape index (κ1) is 12.7. The van der Waals surface area contributed by atoms with Crippen molar-refractivity contribution < 1.29 is 15.0 Å². The second-order valence-electron chi connectivity index (χ2n) is 3.82. The van der Waals surface area contributed by atoms with Gasteiger partial charge in [-0.05, 0) is 24.8 Å². The van der Waals surface area contributed by atoms with Gasteiger partial charge < -0.3 is 15.9 Å². The zero-order valence-corrected chi connectivity index (χ0v) is 9.04. The zero-order chi connectivity index (χ0) is 12.0. The first-order valence-electron chi connectivity index (χ1n) is 5.31. The summed E-state index contributed by atoms with van der Waals surface area (Å²) in [5.41, 5.74) is 6.75. The molecule has 88 valence electrons. The van der Waals surface area contributed by atoms with Gasteiger partial charge in [0, 0.05) is 6.04 Å². The number of aliphatic hydroxyl groups is 1. The summed E-state index contributed by atoms with van der Waals surface area (Å²) in [7, 11) is 0. The number of aliphatic hydroxyl groups excluding tert-OH is 1. The van der Waals surface area contributed by atoms with E-state index in [0.717, 1.165) is 12.8 Å². The van der Waals surface area contributed by atoms with E-state index in [1.807, 2.05) is 30.3 Å². The molecule has 2 unspecified atom stereocenters. The van der Waals surface area contributed by atoms with E-state index in [-0.39, 0.29) is 0 Å². The minimum absolute atomic E-state index is 0.502. The lowest BCUT2D eigenvalue weighted by atomic mass is 10.0. The summed E-state index contributed by atoms with van der Waals surface area (Å²) < 4.78 is 0. The van der Waals surface area contributed by atoms with Crippen molar-refractivity contribution in [3.05, 3.63) is 35.9 Å². The van der Waals surface area contributed by atoms with Gasteiger partial charge in [0.2, 0.25) is 0 Å². The van der Waals surface area contributed by atoms with Gasteiger partial charge in [0.15, 0.2) is 6.10 Å². The summed E-state index contributed by atoms with van der Waals surface area (Å²) in [4.78, 5) is 10.4. The van der Waals surface area contributed by atoms with Gasteiger partial charge in [-0.15, -0.1) is 0 Å². The fourth-order valence-electron chi connectivity index (χ4n) is 1.53. The molecule has 0 saturated heterocycles. The largest absolute Gasteiger partial charge is 0.479 e. The molecule has 0 spiro atoms. The van der Waals surface area contributed by atoms with E-state index in [2.05, 4.69) is 0 Å². The Bertz CT molecular complexity index is 326. The molecule has 0 aliphatic carbocycles. The number of nitrogens with two attached hydrogens (primary N) is 1. The Kier molecular flexibility index (Phi) is 4.95. The van der Waals surface area contributed by atoms with Crippen molar-refractivity contribution in [2.45, 2.75) is 31.4 Å². The van der Waals surface area contributed by atoms with Crippen LogP contribution in [0.3, 0.4) is 0 Å². The molecule has 1 aromatic carbocycles. The number of aliphatic carboxylic acids is 1. The van der Waals surface area contributed by atoms with Crippen LogP contribution in [0.15, 0.2) is 30.3 Å². The van der Waals surface area contributed by atoms with E-state index in [4.69, 9.17) is 15.9 Å². The highest BCUT2D eigenvalue weighted by molar-refractivity contribution is 5.72.